The van der Waals surface area contributed by atoms with Crippen molar-refractivity contribution in [3.8, 4) is 0 Å². The SMILES string of the molecule is Cc1cccc(N2CCN(C(=O)c3cccc(NC4=N[C@@H]5CS(=O)(=O)C[C@H]5S4)c3)C[C@H]2C)c1. The van der Waals surface area contributed by atoms with Crippen LogP contribution < -0.4 is 10.2 Å². The third-order valence-corrected chi connectivity index (χ3v) is 9.57. The number of nitrogens with zero attached hydrogens (tertiary/aromatic N) is 3. The van der Waals surface area contributed by atoms with Gasteiger partial charge in [-0.05, 0) is 49.7 Å². The Bertz CT molecular complexity index is 1210. The maximum Gasteiger partial charge on any atom is 0.254 e. The standard InChI is InChI=1S/C24H28N4O3S2/c1-16-5-3-8-20(11-16)28-10-9-27(13-17(28)2)23(29)18-6-4-7-19(12-18)25-24-26-21-14-33(30,31)15-22(21)32-24/h3-8,11-12,17,21-22H,9-10,13-15H2,1-2H3,(H,25,26)/t17-,21-,22-/m1/s1. The number of nitrogens with one attached hydrogen (secondary N) is 1. The molecule has 7 nitrogen and oxygen atoms in total. The zero-order valence-corrected chi connectivity index (χ0v) is 20.4. The predicted molar refractivity (Wildman–Crippen MR) is 135 cm³/mol. The molecule has 3 atom stereocenters. The largest absolute Gasteiger partial charge is 0.365 e. The second-order valence-corrected chi connectivity index (χ2v) is 12.5. The molecule has 1 amide bonds. The van der Waals surface area contributed by atoms with Gasteiger partial charge in [0, 0.05) is 47.9 Å². The lowest BCUT2D eigenvalue weighted by atomic mass is 10.1. The van der Waals surface area contributed by atoms with E-state index >= 15 is 0 Å². The Hall–Kier alpha value is -2.52. The van der Waals surface area contributed by atoms with Crippen molar-refractivity contribution in [3.63, 3.8) is 0 Å². The Labute approximate surface area is 199 Å². The first-order valence-corrected chi connectivity index (χ1v) is 13.9. The van der Waals surface area contributed by atoms with Crippen LogP contribution in [0.3, 0.4) is 0 Å². The fourth-order valence-corrected chi connectivity index (χ4v) is 8.46. The molecule has 3 heterocycles. The van der Waals surface area contributed by atoms with Crippen LogP contribution in [-0.2, 0) is 9.84 Å². The molecule has 0 aliphatic carbocycles. The molecular weight excluding hydrogens is 456 g/mol. The fraction of sp³-hybridized carbons (Fsp3) is 0.417. The minimum atomic E-state index is -2.97. The molecule has 2 aromatic carbocycles. The molecule has 3 aliphatic heterocycles. The van der Waals surface area contributed by atoms with Crippen LogP contribution in [0.2, 0.25) is 0 Å². The van der Waals surface area contributed by atoms with Gasteiger partial charge in [0.1, 0.15) is 0 Å². The third-order valence-electron chi connectivity index (χ3n) is 6.43. The molecule has 5 rings (SSSR count). The topological polar surface area (TPSA) is 82.1 Å². The lowest BCUT2D eigenvalue weighted by Gasteiger charge is -2.41. The number of rotatable bonds is 3. The lowest BCUT2D eigenvalue weighted by molar-refractivity contribution is 0.0726. The highest BCUT2D eigenvalue weighted by molar-refractivity contribution is 8.15. The van der Waals surface area contributed by atoms with E-state index in [-0.39, 0.29) is 34.7 Å². The first kappa shape index (κ1) is 22.3. The van der Waals surface area contributed by atoms with E-state index in [0.717, 1.165) is 17.4 Å². The van der Waals surface area contributed by atoms with Crippen LogP contribution in [0.15, 0.2) is 53.5 Å². The molecule has 0 radical (unpaired) electrons. The number of fused-ring (bicyclic) bond motifs is 1. The molecular formula is C24H28N4O3S2. The van der Waals surface area contributed by atoms with Crippen molar-refractivity contribution in [2.24, 2.45) is 4.99 Å². The summed E-state index contributed by atoms with van der Waals surface area (Å²) in [7, 11) is -2.97. The summed E-state index contributed by atoms with van der Waals surface area (Å²) in [6, 6.07) is 16.0. The average Bonchev–Trinajstić information content (AvgIpc) is 3.25. The highest BCUT2D eigenvalue weighted by atomic mass is 32.2. The molecule has 0 spiro atoms. The van der Waals surface area contributed by atoms with E-state index in [1.54, 1.807) is 0 Å². The Morgan fingerprint density at radius 2 is 1.94 bits per heavy atom. The van der Waals surface area contributed by atoms with Gasteiger partial charge >= 0.3 is 0 Å². The number of carbonyl (C=O) groups excluding carboxylic acids is 1. The van der Waals surface area contributed by atoms with Crippen LogP contribution in [0.5, 0.6) is 0 Å². The van der Waals surface area contributed by atoms with Gasteiger partial charge in [0.05, 0.1) is 17.5 Å². The van der Waals surface area contributed by atoms with Gasteiger partial charge < -0.3 is 15.1 Å². The fourth-order valence-electron chi connectivity index (χ4n) is 4.78. The molecule has 0 saturated carbocycles. The summed E-state index contributed by atoms with van der Waals surface area (Å²) in [6.07, 6.45) is 0. The van der Waals surface area contributed by atoms with E-state index in [9.17, 15) is 13.2 Å². The number of carbonyl (C=O) groups is 1. The van der Waals surface area contributed by atoms with Gasteiger partial charge in [0.2, 0.25) is 0 Å². The van der Waals surface area contributed by atoms with E-state index in [1.807, 2.05) is 29.2 Å². The van der Waals surface area contributed by atoms with Crippen LogP contribution in [0.4, 0.5) is 11.4 Å². The summed E-state index contributed by atoms with van der Waals surface area (Å²) < 4.78 is 23.5. The molecule has 2 fully saturated rings. The summed E-state index contributed by atoms with van der Waals surface area (Å²) in [5.74, 6) is 0.335. The van der Waals surface area contributed by atoms with E-state index in [4.69, 9.17) is 0 Å². The van der Waals surface area contributed by atoms with Crippen molar-refractivity contribution in [2.45, 2.75) is 31.2 Å². The van der Waals surface area contributed by atoms with Crippen molar-refractivity contribution in [2.75, 3.05) is 41.4 Å². The second kappa shape index (κ2) is 8.68. The van der Waals surface area contributed by atoms with E-state index in [1.165, 1.54) is 23.0 Å². The second-order valence-electron chi connectivity index (χ2n) is 9.07. The normalized spacial score (nSPS) is 26.1. The molecule has 0 aromatic heterocycles. The van der Waals surface area contributed by atoms with Gasteiger partial charge in [0.25, 0.3) is 5.91 Å². The van der Waals surface area contributed by atoms with Crippen LogP contribution >= 0.6 is 11.8 Å². The summed E-state index contributed by atoms with van der Waals surface area (Å²) in [6.45, 7) is 6.40. The number of piperazine rings is 1. The first-order valence-electron chi connectivity index (χ1n) is 11.2. The Balaban J connectivity index is 1.24. The molecule has 2 saturated heterocycles. The van der Waals surface area contributed by atoms with Gasteiger partial charge in [0.15, 0.2) is 15.0 Å². The smallest absolute Gasteiger partial charge is 0.254 e. The third kappa shape index (κ3) is 4.75. The molecule has 33 heavy (non-hydrogen) atoms. The number of amides is 1. The number of thioether (sulfide) groups is 1. The van der Waals surface area contributed by atoms with E-state index in [0.29, 0.717) is 18.7 Å². The van der Waals surface area contributed by atoms with Gasteiger partial charge in [-0.3, -0.25) is 9.79 Å². The quantitative estimate of drug-likeness (QED) is 0.721. The van der Waals surface area contributed by atoms with Crippen LogP contribution in [0, 0.1) is 6.92 Å². The Morgan fingerprint density at radius 1 is 1.12 bits per heavy atom. The molecule has 9 heteroatoms. The maximum atomic E-state index is 13.2. The molecule has 1 N–H and O–H groups in total. The average molecular weight is 485 g/mol. The Kier molecular flexibility index (Phi) is 5.86. The highest BCUT2D eigenvalue weighted by Crippen LogP contribution is 2.34. The van der Waals surface area contributed by atoms with Crippen LogP contribution in [-0.4, -0.2) is 72.9 Å². The number of sulfone groups is 1. The zero-order chi connectivity index (χ0) is 23.2. The van der Waals surface area contributed by atoms with Crippen molar-refractivity contribution < 1.29 is 13.2 Å². The summed E-state index contributed by atoms with van der Waals surface area (Å²) in [5, 5.41) is 4.00. The van der Waals surface area contributed by atoms with Gasteiger partial charge in [-0.1, -0.05) is 30.0 Å². The van der Waals surface area contributed by atoms with Crippen LogP contribution in [0.25, 0.3) is 0 Å². The van der Waals surface area contributed by atoms with Gasteiger partial charge in [-0.25, -0.2) is 8.42 Å². The number of aryl methyl sites for hydroxylation is 1. The summed E-state index contributed by atoms with van der Waals surface area (Å²) in [4.78, 5) is 22.1. The number of aliphatic imine (C=N–C) groups is 1. The van der Waals surface area contributed by atoms with Crippen molar-refractivity contribution >= 4 is 44.0 Å². The summed E-state index contributed by atoms with van der Waals surface area (Å²) in [5.41, 5.74) is 3.87. The van der Waals surface area contributed by atoms with Gasteiger partial charge in [-0.15, -0.1) is 0 Å². The van der Waals surface area contributed by atoms with Crippen molar-refractivity contribution in [1.82, 2.24) is 4.90 Å². The molecule has 2 aromatic rings. The predicted octanol–water partition coefficient (Wildman–Crippen LogP) is 3.03. The molecule has 174 valence electrons. The number of amidine groups is 1. The summed E-state index contributed by atoms with van der Waals surface area (Å²) >= 11 is 1.48. The molecule has 3 aliphatic rings. The number of hydrogen-bond donors (Lipinski definition) is 1. The zero-order valence-electron chi connectivity index (χ0n) is 18.8. The van der Waals surface area contributed by atoms with E-state index < -0.39 is 9.84 Å². The van der Waals surface area contributed by atoms with Crippen molar-refractivity contribution in [3.05, 3.63) is 59.7 Å². The number of hydrogen-bond acceptors (Lipinski definition) is 7. The first-order chi connectivity index (χ1) is 15.8. The molecule has 0 bridgehead atoms. The lowest BCUT2D eigenvalue weighted by Crippen LogP contribution is -2.53. The number of benzene rings is 2. The van der Waals surface area contributed by atoms with E-state index in [2.05, 4.69) is 53.3 Å². The monoisotopic (exact) mass is 484 g/mol. The maximum absolute atomic E-state index is 13.2. The minimum absolute atomic E-state index is 0.00602. The van der Waals surface area contributed by atoms with Crippen LogP contribution in [0.1, 0.15) is 22.8 Å². The molecule has 0 unspecified atom stereocenters. The highest BCUT2D eigenvalue weighted by Gasteiger charge is 2.42. The minimum Gasteiger partial charge on any atom is -0.365 e. The number of anilines is 2. The Morgan fingerprint density at radius 3 is 2.70 bits per heavy atom. The van der Waals surface area contributed by atoms with Gasteiger partial charge in [-0.2, -0.15) is 0 Å². The van der Waals surface area contributed by atoms with Crippen molar-refractivity contribution in [1.29, 1.82) is 0 Å².